The van der Waals surface area contributed by atoms with Crippen molar-refractivity contribution in [1.82, 2.24) is 0 Å². The second-order valence-electron chi connectivity index (χ2n) is 3.72. The van der Waals surface area contributed by atoms with Crippen LogP contribution < -0.4 is 11.1 Å². The summed E-state index contributed by atoms with van der Waals surface area (Å²) in [7, 11) is 0. The summed E-state index contributed by atoms with van der Waals surface area (Å²) in [5.41, 5.74) is 9.88. The van der Waals surface area contributed by atoms with Crippen LogP contribution in [0.2, 0.25) is 0 Å². The van der Waals surface area contributed by atoms with E-state index in [9.17, 15) is 0 Å². The van der Waals surface area contributed by atoms with Crippen molar-refractivity contribution >= 4 is 5.69 Å². The van der Waals surface area contributed by atoms with Crippen molar-refractivity contribution in [3.05, 3.63) is 42.0 Å². The van der Waals surface area contributed by atoms with Gasteiger partial charge >= 0.3 is 0 Å². The maximum Gasteiger partial charge on any atom is 0.0373 e. The lowest BCUT2D eigenvalue weighted by atomic mass is 10.0. The van der Waals surface area contributed by atoms with Gasteiger partial charge in [0.15, 0.2) is 0 Å². The lowest BCUT2D eigenvalue weighted by Crippen LogP contribution is -2.09. The fraction of sp³-hybridized carbons (Fsp3) is 0.333. The normalized spacial score (nSPS) is 15.8. The molecule has 0 aliphatic carbocycles. The predicted octanol–water partition coefficient (Wildman–Crippen LogP) is 2.23. The Labute approximate surface area is 84.8 Å². The van der Waals surface area contributed by atoms with Crippen LogP contribution in [0.5, 0.6) is 0 Å². The third-order valence-electron chi connectivity index (χ3n) is 2.69. The maximum atomic E-state index is 6.01. The molecule has 14 heavy (non-hydrogen) atoms. The number of nitrogens with two attached hydrogens (primary N) is 1. The first kappa shape index (κ1) is 9.28. The zero-order valence-electron chi connectivity index (χ0n) is 8.29. The average Bonchev–Trinajstić information content (AvgIpc) is 2.64. The molecule has 0 radical (unpaired) electrons. The summed E-state index contributed by atoms with van der Waals surface area (Å²) in [5.74, 6) is 0. The van der Waals surface area contributed by atoms with E-state index in [-0.39, 0.29) is 6.04 Å². The quantitative estimate of drug-likeness (QED) is 0.714. The van der Waals surface area contributed by atoms with Gasteiger partial charge in [-0.15, -0.1) is 6.58 Å². The highest BCUT2D eigenvalue weighted by Crippen LogP contribution is 2.26. The number of hydrogen-bond donors (Lipinski definition) is 2. The zero-order valence-corrected chi connectivity index (χ0v) is 8.29. The third kappa shape index (κ3) is 1.66. The number of hydrogen-bond acceptors (Lipinski definition) is 2. The van der Waals surface area contributed by atoms with Gasteiger partial charge in [-0.1, -0.05) is 18.2 Å². The van der Waals surface area contributed by atoms with Crippen molar-refractivity contribution in [2.24, 2.45) is 5.73 Å². The molecule has 2 rings (SSSR count). The lowest BCUT2D eigenvalue weighted by Gasteiger charge is -2.10. The molecule has 0 spiro atoms. The van der Waals surface area contributed by atoms with Gasteiger partial charge in [-0.25, -0.2) is 0 Å². The Hall–Kier alpha value is -1.28. The third-order valence-corrected chi connectivity index (χ3v) is 2.69. The van der Waals surface area contributed by atoms with E-state index >= 15 is 0 Å². The molecule has 3 N–H and O–H groups in total. The Morgan fingerprint density at radius 3 is 3.21 bits per heavy atom. The van der Waals surface area contributed by atoms with Crippen molar-refractivity contribution in [1.29, 1.82) is 0 Å². The van der Waals surface area contributed by atoms with Crippen molar-refractivity contribution in [2.75, 3.05) is 11.9 Å². The van der Waals surface area contributed by atoms with E-state index in [2.05, 4.69) is 30.1 Å². The summed E-state index contributed by atoms with van der Waals surface area (Å²) < 4.78 is 0. The fourth-order valence-electron chi connectivity index (χ4n) is 1.87. The van der Waals surface area contributed by atoms with E-state index in [0.29, 0.717) is 0 Å². The van der Waals surface area contributed by atoms with Crippen LogP contribution in [-0.4, -0.2) is 6.54 Å². The van der Waals surface area contributed by atoms with E-state index in [4.69, 9.17) is 5.73 Å². The molecule has 1 unspecified atom stereocenters. The van der Waals surface area contributed by atoms with Crippen LogP contribution in [0.1, 0.15) is 23.6 Å². The summed E-state index contributed by atoms with van der Waals surface area (Å²) in [6.07, 6.45) is 3.83. The van der Waals surface area contributed by atoms with Crippen LogP contribution in [0.25, 0.3) is 0 Å². The molecule has 0 saturated carbocycles. The van der Waals surface area contributed by atoms with E-state index in [1.54, 1.807) is 0 Å². The highest BCUT2D eigenvalue weighted by Gasteiger charge is 2.12. The van der Waals surface area contributed by atoms with Crippen LogP contribution in [0, 0.1) is 0 Å². The van der Waals surface area contributed by atoms with Gasteiger partial charge < -0.3 is 11.1 Å². The molecule has 0 aromatic heterocycles. The maximum absolute atomic E-state index is 6.01. The van der Waals surface area contributed by atoms with Gasteiger partial charge in [0.1, 0.15) is 0 Å². The molecule has 1 aromatic rings. The SMILES string of the molecule is C=CCC(N)c1ccc2c(c1)CCN2. The molecule has 0 saturated heterocycles. The molecule has 0 fully saturated rings. The van der Waals surface area contributed by atoms with Gasteiger partial charge in [-0.05, 0) is 30.0 Å². The first-order valence-electron chi connectivity index (χ1n) is 5.04. The van der Waals surface area contributed by atoms with Gasteiger partial charge in [0.05, 0.1) is 0 Å². The monoisotopic (exact) mass is 188 g/mol. The smallest absolute Gasteiger partial charge is 0.0373 e. The predicted molar refractivity (Wildman–Crippen MR) is 60.4 cm³/mol. The topological polar surface area (TPSA) is 38.0 Å². The number of benzene rings is 1. The molecule has 0 bridgehead atoms. The van der Waals surface area contributed by atoms with Crippen LogP contribution in [0.4, 0.5) is 5.69 Å². The van der Waals surface area contributed by atoms with Crippen LogP contribution >= 0.6 is 0 Å². The minimum atomic E-state index is 0.0957. The Kier molecular flexibility index (Phi) is 2.55. The molecule has 1 aliphatic rings. The highest BCUT2D eigenvalue weighted by molar-refractivity contribution is 5.56. The van der Waals surface area contributed by atoms with Gasteiger partial charge in [0, 0.05) is 18.3 Å². The van der Waals surface area contributed by atoms with Crippen molar-refractivity contribution in [3.63, 3.8) is 0 Å². The molecular weight excluding hydrogens is 172 g/mol. The minimum absolute atomic E-state index is 0.0957. The molecule has 2 heteroatoms. The Bertz CT molecular complexity index is 344. The van der Waals surface area contributed by atoms with E-state index < -0.39 is 0 Å². The molecular formula is C12H16N2. The summed E-state index contributed by atoms with van der Waals surface area (Å²) >= 11 is 0. The standard InChI is InChI=1S/C12H16N2/c1-2-3-11(13)9-4-5-12-10(8-9)6-7-14-12/h2,4-5,8,11,14H,1,3,6-7,13H2. The van der Waals surface area contributed by atoms with Gasteiger partial charge in [0.2, 0.25) is 0 Å². The van der Waals surface area contributed by atoms with Crippen molar-refractivity contribution in [3.8, 4) is 0 Å². The Morgan fingerprint density at radius 2 is 2.43 bits per heavy atom. The molecule has 2 nitrogen and oxygen atoms in total. The van der Waals surface area contributed by atoms with Gasteiger partial charge in [0.25, 0.3) is 0 Å². The molecule has 1 aliphatic heterocycles. The van der Waals surface area contributed by atoms with Gasteiger partial charge in [-0.3, -0.25) is 0 Å². The van der Waals surface area contributed by atoms with E-state index in [1.807, 2.05) is 6.08 Å². The van der Waals surface area contributed by atoms with Gasteiger partial charge in [-0.2, -0.15) is 0 Å². The Morgan fingerprint density at radius 1 is 1.57 bits per heavy atom. The Balaban J connectivity index is 2.23. The van der Waals surface area contributed by atoms with Crippen molar-refractivity contribution in [2.45, 2.75) is 18.9 Å². The number of nitrogens with one attached hydrogen (secondary N) is 1. The minimum Gasteiger partial charge on any atom is -0.384 e. The average molecular weight is 188 g/mol. The second-order valence-corrected chi connectivity index (χ2v) is 3.72. The van der Waals surface area contributed by atoms with Crippen LogP contribution in [0.15, 0.2) is 30.9 Å². The summed E-state index contributed by atoms with van der Waals surface area (Å²) in [6, 6.07) is 6.54. The summed E-state index contributed by atoms with van der Waals surface area (Å²) in [4.78, 5) is 0. The zero-order chi connectivity index (χ0) is 9.97. The molecule has 74 valence electrons. The lowest BCUT2D eigenvalue weighted by molar-refractivity contribution is 0.741. The highest BCUT2D eigenvalue weighted by atomic mass is 14.9. The van der Waals surface area contributed by atoms with E-state index in [0.717, 1.165) is 19.4 Å². The largest absolute Gasteiger partial charge is 0.384 e. The van der Waals surface area contributed by atoms with Crippen LogP contribution in [-0.2, 0) is 6.42 Å². The van der Waals surface area contributed by atoms with E-state index in [1.165, 1.54) is 16.8 Å². The second kappa shape index (κ2) is 3.84. The summed E-state index contributed by atoms with van der Waals surface area (Å²) in [6.45, 7) is 4.76. The van der Waals surface area contributed by atoms with Crippen LogP contribution in [0.3, 0.4) is 0 Å². The first-order valence-corrected chi connectivity index (χ1v) is 5.04. The molecule has 1 atom stereocenters. The first-order chi connectivity index (χ1) is 6.81. The number of rotatable bonds is 3. The fourth-order valence-corrected chi connectivity index (χ4v) is 1.87. The van der Waals surface area contributed by atoms with Crippen molar-refractivity contribution < 1.29 is 0 Å². The molecule has 0 amide bonds. The molecule has 1 heterocycles. The number of fused-ring (bicyclic) bond motifs is 1. The number of anilines is 1. The molecule has 1 aromatic carbocycles. The summed E-state index contributed by atoms with van der Waals surface area (Å²) in [5, 5.41) is 3.34.